The molecule has 1 aromatic heterocycles. The number of carbonyl (C=O) groups excluding carboxylic acids is 2. The van der Waals surface area contributed by atoms with Gasteiger partial charge in [-0.2, -0.15) is 0 Å². The second-order valence-electron chi connectivity index (χ2n) is 5.68. The van der Waals surface area contributed by atoms with E-state index in [1.165, 1.54) is 6.92 Å². The van der Waals surface area contributed by atoms with Crippen molar-refractivity contribution in [3.63, 3.8) is 0 Å². The van der Waals surface area contributed by atoms with Gasteiger partial charge in [-0.25, -0.2) is 4.98 Å². The number of rotatable bonds is 6. The molecule has 2 rings (SSSR count). The van der Waals surface area contributed by atoms with E-state index >= 15 is 0 Å². The molecule has 0 bridgehead atoms. The monoisotopic (exact) mass is 334 g/mol. The lowest BCUT2D eigenvalue weighted by atomic mass is 10.2. The summed E-state index contributed by atoms with van der Waals surface area (Å²) in [6.45, 7) is 3.96. The number of aromatic nitrogens is 1. The summed E-state index contributed by atoms with van der Waals surface area (Å²) in [7, 11) is 0. The van der Waals surface area contributed by atoms with Crippen molar-refractivity contribution in [1.29, 1.82) is 0 Å². The molecule has 0 unspecified atom stereocenters. The highest BCUT2D eigenvalue weighted by Crippen LogP contribution is 2.13. The van der Waals surface area contributed by atoms with Crippen molar-refractivity contribution in [1.82, 2.24) is 15.2 Å². The van der Waals surface area contributed by atoms with Crippen LogP contribution in [0.5, 0.6) is 0 Å². The molecule has 130 valence electrons. The summed E-state index contributed by atoms with van der Waals surface area (Å²) in [5.74, 6) is -0.717. The minimum atomic E-state index is -1.10. The van der Waals surface area contributed by atoms with Gasteiger partial charge in [-0.15, -0.1) is 0 Å². The molecule has 0 aromatic carbocycles. The molecule has 1 fully saturated rings. The van der Waals surface area contributed by atoms with E-state index in [2.05, 4.69) is 15.2 Å². The Morgan fingerprint density at radius 1 is 1.21 bits per heavy atom. The first-order valence-corrected chi connectivity index (χ1v) is 7.93. The van der Waals surface area contributed by atoms with Crippen molar-refractivity contribution in [2.24, 2.45) is 0 Å². The predicted octanol–water partition coefficient (Wildman–Crippen LogP) is 0.0997. The Morgan fingerprint density at radius 2 is 1.92 bits per heavy atom. The molecule has 0 aliphatic carbocycles. The van der Waals surface area contributed by atoms with Crippen molar-refractivity contribution in [3.05, 3.63) is 24.4 Å². The first-order chi connectivity index (χ1) is 11.5. The summed E-state index contributed by atoms with van der Waals surface area (Å²) < 4.78 is 0. The summed E-state index contributed by atoms with van der Waals surface area (Å²) in [6.07, 6.45) is 1.82. The zero-order valence-electron chi connectivity index (χ0n) is 13.6. The fourth-order valence-corrected chi connectivity index (χ4v) is 2.48. The maximum atomic E-state index is 12.2. The summed E-state index contributed by atoms with van der Waals surface area (Å²) in [5.41, 5.74) is 0. The lowest BCUT2D eigenvalue weighted by molar-refractivity contribution is -0.141. The average molecular weight is 334 g/mol. The quantitative estimate of drug-likeness (QED) is 0.765. The Morgan fingerprint density at radius 3 is 2.50 bits per heavy atom. The van der Waals surface area contributed by atoms with E-state index in [1.54, 1.807) is 11.1 Å². The van der Waals surface area contributed by atoms with Crippen LogP contribution in [0, 0.1) is 0 Å². The van der Waals surface area contributed by atoms with Gasteiger partial charge in [-0.3, -0.25) is 14.4 Å². The molecule has 2 heterocycles. The van der Waals surface area contributed by atoms with Crippen LogP contribution >= 0.6 is 0 Å². The zero-order valence-corrected chi connectivity index (χ0v) is 13.6. The third-order valence-corrected chi connectivity index (χ3v) is 3.92. The maximum absolute atomic E-state index is 12.2. The summed E-state index contributed by atoms with van der Waals surface area (Å²) in [4.78, 5) is 42.6. The number of pyridine rings is 1. The number of aliphatic carboxylic acids is 1. The minimum Gasteiger partial charge on any atom is -0.480 e. The van der Waals surface area contributed by atoms with Crippen LogP contribution in [0.1, 0.15) is 19.8 Å². The number of carboxylic acids is 1. The van der Waals surface area contributed by atoms with Gasteiger partial charge in [-0.05, 0) is 19.1 Å². The topological polar surface area (TPSA) is 103 Å². The van der Waals surface area contributed by atoms with E-state index in [1.807, 2.05) is 18.2 Å². The molecule has 0 radical (unpaired) electrons. The number of nitrogens with one attached hydrogen (secondary N) is 1. The first-order valence-electron chi connectivity index (χ1n) is 7.93. The molecule has 1 saturated heterocycles. The van der Waals surface area contributed by atoms with Gasteiger partial charge in [-0.1, -0.05) is 6.07 Å². The molecule has 8 heteroatoms. The van der Waals surface area contributed by atoms with Crippen LogP contribution in [0.25, 0.3) is 0 Å². The van der Waals surface area contributed by atoms with Crippen LogP contribution in [0.15, 0.2) is 24.4 Å². The van der Waals surface area contributed by atoms with Gasteiger partial charge in [0, 0.05) is 45.2 Å². The normalized spacial score (nSPS) is 15.7. The van der Waals surface area contributed by atoms with Gasteiger partial charge < -0.3 is 20.2 Å². The highest BCUT2D eigenvalue weighted by molar-refractivity contribution is 5.86. The number of hydrogen-bond acceptors (Lipinski definition) is 5. The van der Waals surface area contributed by atoms with Gasteiger partial charge in [0.15, 0.2) is 0 Å². The molecule has 1 aromatic rings. The Labute approximate surface area is 140 Å². The molecule has 0 saturated carbocycles. The first kappa shape index (κ1) is 17.7. The van der Waals surface area contributed by atoms with Gasteiger partial charge >= 0.3 is 5.97 Å². The van der Waals surface area contributed by atoms with Crippen LogP contribution in [0.2, 0.25) is 0 Å². The van der Waals surface area contributed by atoms with Gasteiger partial charge in [0.2, 0.25) is 11.8 Å². The number of nitrogens with zero attached hydrogens (tertiary/aromatic N) is 3. The van der Waals surface area contributed by atoms with Crippen molar-refractivity contribution in [3.8, 4) is 0 Å². The fourth-order valence-electron chi connectivity index (χ4n) is 2.48. The smallest absolute Gasteiger partial charge is 0.325 e. The van der Waals surface area contributed by atoms with Gasteiger partial charge in [0.1, 0.15) is 11.9 Å². The Kier molecular flexibility index (Phi) is 6.11. The molecule has 8 nitrogen and oxygen atoms in total. The summed E-state index contributed by atoms with van der Waals surface area (Å²) in [6, 6.07) is 4.77. The van der Waals surface area contributed by atoms with Gasteiger partial charge in [0.25, 0.3) is 0 Å². The van der Waals surface area contributed by atoms with E-state index in [4.69, 9.17) is 5.11 Å². The molecule has 24 heavy (non-hydrogen) atoms. The molecule has 1 aliphatic rings. The number of piperazine rings is 1. The molecular weight excluding hydrogens is 312 g/mol. The van der Waals surface area contributed by atoms with Crippen molar-refractivity contribution in [2.45, 2.75) is 25.8 Å². The number of hydrogen-bond donors (Lipinski definition) is 2. The van der Waals surface area contributed by atoms with Crippen molar-refractivity contribution < 1.29 is 19.5 Å². The number of anilines is 1. The Hall–Kier alpha value is -2.64. The Balaban J connectivity index is 1.73. The maximum Gasteiger partial charge on any atom is 0.325 e. The zero-order chi connectivity index (χ0) is 17.5. The van der Waals surface area contributed by atoms with Crippen molar-refractivity contribution in [2.75, 3.05) is 31.1 Å². The van der Waals surface area contributed by atoms with E-state index in [-0.39, 0.29) is 18.7 Å². The molecule has 2 N–H and O–H groups in total. The lowest BCUT2D eigenvalue weighted by Gasteiger charge is -2.35. The standard InChI is InChI=1S/C16H22N4O4/c1-12(16(23)24)18-14(21)5-6-15(22)20-10-8-19(9-11-20)13-4-2-3-7-17-13/h2-4,7,12H,5-6,8-11H2,1H3,(H,18,21)(H,23,24)/t12-/m1/s1. The van der Waals surface area contributed by atoms with Crippen molar-refractivity contribution >= 4 is 23.6 Å². The third-order valence-electron chi connectivity index (χ3n) is 3.92. The molecule has 2 amide bonds. The average Bonchev–Trinajstić information content (AvgIpc) is 2.60. The second kappa shape index (κ2) is 8.28. The fraction of sp³-hybridized carbons (Fsp3) is 0.500. The molecule has 0 spiro atoms. The Bertz CT molecular complexity index is 585. The van der Waals surface area contributed by atoms with Crippen LogP contribution in [-0.2, 0) is 14.4 Å². The number of amides is 2. The largest absolute Gasteiger partial charge is 0.480 e. The third kappa shape index (κ3) is 4.94. The second-order valence-corrected chi connectivity index (χ2v) is 5.68. The number of carboxylic acid groups (broad SMARTS) is 1. The van der Waals surface area contributed by atoms with E-state index in [0.29, 0.717) is 26.2 Å². The van der Waals surface area contributed by atoms with Crippen LogP contribution in [-0.4, -0.2) is 65.0 Å². The minimum absolute atomic E-state index is 0.00307. The van der Waals surface area contributed by atoms with E-state index in [0.717, 1.165) is 5.82 Å². The predicted molar refractivity (Wildman–Crippen MR) is 87.5 cm³/mol. The van der Waals surface area contributed by atoms with Crippen LogP contribution in [0.4, 0.5) is 5.82 Å². The van der Waals surface area contributed by atoms with E-state index < -0.39 is 17.9 Å². The molecule has 1 atom stereocenters. The highest BCUT2D eigenvalue weighted by atomic mass is 16.4. The molecular formula is C16H22N4O4. The highest BCUT2D eigenvalue weighted by Gasteiger charge is 2.22. The van der Waals surface area contributed by atoms with Crippen LogP contribution < -0.4 is 10.2 Å². The SMILES string of the molecule is C[C@@H](NC(=O)CCC(=O)N1CCN(c2ccccn2)CC1)C(=O)O. The molecule has 1 aliphatic heterocycles. The summed E-state index contributed by atoms with van der Waals surface area (Å²) in [5, 5.41) is 11.1. The number of carbonyl (C=O) groups is 3. The van der Waals surface area contributed by atoms with Crippen LogP contribution in [0.3, 0.4) is 0 Å². The van der Waals surface area contributed by atoms with Gasteiger partial charge in [0.05, 0.1) is 0 Å². The summed E-state index contributed by atoms with van der Waals surface area (Å²) >= 11 is 0. The lowest BCUT2D eigenvalue weighted by Crippen LogP contribution is -2.49. The van der Waals surface area contributed by atoms with E-state index in [9.17, 15) is 14.4 Å².